The van der Waals surface area contributed by atoms with Gasteiger partial charge >= 0.3 is 5.97 Å². The molecule has 1 aromatic carbocycles. The molecule has 3 nitrogen and oxygen atoms in total. The molecule has 3 rings (SSSR count). The van der Waals surface area contributed by atoms with Crippen molar-refractivity contribution in [1.82, 2.24) is 4.98 Å². The summed E-state index contributed by atoms with van der Waals surface area (Å²) in [7, 11) is 0. The fourth-order valence-electron chi connectivity index (χ4n) is 2.32. The molecule has 2 heterocycles. The number of rotatable bonds is 4. The van der Waals surface area contributed by atoms with Crippen molar-refractivity contribution in [2.75, 3.05) is 0 Å². The van der Waals surface area contributed by atoms with Crippen LogP contribution in [0.4, 0.5) is 0 Å². The van der Waals surface area contributed by atoms with E-state index in [1.54, 1.807) is 11.3 Å². The van der Waals surface area contributed by atoms with Gasteiger partial charge in [-0.1, -0.05) is 31.2 Å². The zero-order valence-electron chi connectivity index (χ0n) is 11.6. The molecule has 0 fully saturated rings. The molecule has 2 aromatic heterocycles. The highest BCUT2D eigenvalue weighted by Gasteiger charge is 2.13. The van der Waals surface area contributed by atoms with Gasteiger partial charge in [0, 0.05) is 16.2 Å². The lowest BCUT2D eigenvalue weighted by Gasteiger charge is -2.04. The molecular formula is C17H15NO2S. The molecule has 0 saturated carbocycles. The molecule has 0 saturated heterocycles. The van der Waals surface area contributed by atoms with E-state index in [1.165, 1.54) is 0 Å². The van der Waals surface area contributed by atoms with Gasteiger partial charge in [0.25, 0.3) is 0 Å². The SMILES string of the molecule is CC(CC(=O)O)c1ccc(-c2ccc3ccccc3n2)s1. The molecule has 0 aliphatic carbocycles. The van der Waals surface area contributed by atoms with Crippen LogP contribution in [0.2, 0.25) is 0 Å². The van der Waals surface area contributed by atoms with E-state index in [0.717, 1.165) is 26.4 Å². The third-order valence-corrected chi connectivity index (χ3v) is 4.78. The molecule has 0 spiro atoms. The average Bonchev–Trinajstić information content (AvgIpc) is 2.96. The van der Waals surface area contributed by atoms with E-state index in [-0.39, 0.29) is 12.3 Å². The van der Waals surface area contributed by atoms with Crippen molar-refractivity contribution in [1.29, 1.82) is 0 Å². The molecule has 0 radical (unpaired) electrons. The number of aliphatic carboxylic acids is 1. The van der Waals surface area contributed by atoms with Crippen molar-refractivity contribution >= 4 is 28.2 Å². The molecule has 0 bridgehead atoms. The molecule has 0 amide bonds. The number of carboxylic acids is 1. The number of benzene rings is 1. The van der Waals surface area contributed by atoms with Crippen LogP contribution in [0.3, 0.4) is 0 Å². The van der Waals surface area contributed by atoms with E-state index in [9.17, 15) is 4.79 Å². The minimum absolute atomic E-state index is 0.0294. The van der Waals surface area contributed by atoms with E-state index in [4.69, 9.17) is 5.11 Å². The van der Waals surface area contributed by atoms with Gasteiger partial charge in [-0.05, 0) is 24.3 Å². The smallest absolute Gasteiger partial charge is 0.303 e. The Morgan fingerprint density at radius 3 is 2.81 bits per heavy atom. The number of carboxylic acid groups (broad SMARTS) is 1. The normalized spacial score (nSPS) is 12.4. The molecule has 4 heteroatoms. The summed E-state index contributed by atoms with van der Waals surface area (Å²) in [5.74, 6) is -0.733. The maximum Gasteiger partial charge on any atom is 0.303 e. The van der Waals surface area contributed by atoms with Crippen LogP contribution in [0.5, 0.6) is 0 Å². The highest BCUT2D eigenvalue weighted by atomic mass is 32.1. The summed E-state index contributed by atoms with van der Waals surface area (Å²) in [6.45, 7) is 1.94. The van der Waals surface area contributed by atoms with Crippen molar-refractivity contribution in [3.63, 3.8) is 0 Å². The van der Waals surface area contributed by atoms with Crippen LogP contribution in [0.1, 0.15) is 24.1 Å². The summed E-state index contributed by atoms with van der Waals surface area (Å²) >= 11 is 1.62. The Morgan fingerprint density at radius 2 is 2.00 bits per heavy atom. The first-order chi connectivity index (χ1) is 10.1. The second-order valence-corrected chi connectivity index (χ2v) is 6.21. The van der Waals surface area contributed by atoms with E-state index in [2.05, 4.69) is 11.1 Å². The molecule has 106 valence electrons. The molecule has 3 aromatic rings. The second-order valence-electron chi connectivity index (χ2n) is 5.09. The lowest BCUT2D eigenvalue weighted by molar-refractivity contribution is -0.137. The van der Waals surface area contributed by atoms with Gasteiger partial charge in [0.15, 0.2) is 0 Å². The van der Waals surface area contributed by atoms with Gasteiger partial charge in [-0.25, -0.2) is 4.98 Å². The van der Waals surface area contributed by atoms with Crippen LogP contribution in [-0.2, 0) is 4.79 Å². The van der Waals surface area contributed by atoms with Gasteiger partial charge < -0.3 is 5.11 Å². The number of thiophene rings is 1. The Labute approximate surface area is 126 Å². The number of carbonyl (C=O) groups is 1. The number of para-hydroxylation sites is 1. The number of pyridine rings is 1. The Kier molecular flexibility index (Phi) is 3.71. The van der Waals surface area contributed by atoms with Crippen molar-refractivity contribution in [3.05, 3.63) is 53.4 Å². The zero-order valence-corrected chi connectivity index (χ0v) is 12.4. The van der Waals surface area contributed by atoms with E-state index in [0.29, 0.717) is 0 Å². The maximum atomic E-state index is 10.8. The summed E-state index contributed by atoms with van der Waals surface area (Å²) in [4.78, 5) is 17.6. The Hall–Kier alpha value is -2.20. The van der Waals surface area contributed by atoms with E-state index < -0.39 is 5.97 Å². The number of aromatic nitrogens is 1. The number of nitrogens with zero attached hydrogens (tertiary/aromatic N) is 1. The maximum absolute atomic E-state index is 10.8. The average molecular weight is 297 g/mol. The van der Waals surface area contributed by atoms with Gasteiger partial charge in [-0.2, -0.15) is 0 Å². The van der Waals surface area contributed by atoms with Crippen molar-refractivity contribution in [3.8, 4) is 10.6 Å². The molecule has 1 atom stereocenters. The minimum atomic E-state index is -0.763. The standard InChI is InChI=1S/C17H15NO2S/c1-11(10-17(19)20)15-8-9-16(21-15)14-7-6-12-4-2-3-5-13(12)18-14/h2-9,11H,10H2,1H3,(H,19,20). The fraction of sp³-hybridized carbons (Fsp3) is 0.176. The van der Waals surface area contributed by atoms with Crippen LogP contribution in [0.25, 0.3) is 21.5 Å². The third-order valence-electron chi connectivity index (χ3n) is 3.44. The Bertz CT molecular complexity index is 794. The van der Waals surface area contributed by atoms with Crippen molar-refractivity contribution in [2.24, 2.45) is 0 Å². The molecule has 21 heavy (non-hydrogen) atoms. The van der Waals surface area contributed by atoms with Crippen LogP contribution in [0, 0.1) is 0 Å². The summed E-state index contributed by atoms with van der Waals surface area (Å²) in [6, 6.07) is 16.1. The molecule has 1 N–H and O–H groups in total. The summed E-state index contributed by atoms with van der Waals surface area (Å²) < 4.78 is 0. The summed E-state index contributed by atoms with van der Waals surface area (Å²) in [5, 5.41) is 10.0. The van der Waals surface area contributed by atoms with Gasteiger partial charge in [-0.15, -0.1) is 11.3 Å². The van der Waals surface area contributed by atoms with Crippen LogP contribution in [0.15, 0.2) is 48.5 Å². The number of hydrogen-bond donors (Lipinski definition) is 1. The Morgan fingerprint density at radius 1 is 1.19 bits per heavy atom. The third kappa shape index (κ3) is 2.95. The molecule has 0 aliphatic heterocycles. The number of fused-ring (bicyclic) bond motifs is 1. The molecule has 0 aliphatic rings. The van der Waals surface area contributed by atoms with Crippen LogP contribution in [-0.4, -0.2) is 16.1 Å². The largest absolute Gasteiger partial charge is 0.481 e. The quantitative estimate of drug-likeness (QED) is 0.769. The Balaban J connectivity index is 1.92. The first kappa shape index (κ1) is 13.8. The van der Waals surface area contributed by atoms with Crippen molar-refractivity contribution < 1.29 is 9.90 Å². The van der Waals surface area contributed by atoms with E-state index in [1.807, 2.05) is 49.4 Å². The van der Waals surface area contributed by atoms with Crippen LogP contribution >= 0.6 is 11.3 Å². The summed E-state index contributed by atoms with van der Waals surface area (Å²) in [5.41, 5.74) is 1.91. The van der Waals surface area contributed by atoms with Crippen molar-refractivity contribution in [2.45, 2.75) is 19.3 Å². The first-order valence-electron chi connectivity index (χ1n) is 6.81. The summed E-state index contributed by atoms with van der Waals surface area (Å²) in [6.07, 6.45) is 0.158. The monoisotopic (exact) mass is 297 g/mol. The van der Waals surface area contributed by atoms with Gasteiger partial charge in [0.05, 0.1) is 22.5 Å². The predicted octanol–water partition coefficient (Wildman–Crippen LogP) is 4.54. The second kappa shape index (κ2) is 5.66. The number of hydrogen-bond acceptors (Lipinski definition) is 3. The minimum Gasteiger partial charge on any atom is -0.481 e. The van der Waals surface area contributed by atoms with Crippen LogP contribution < -0.4 is 0 Å². The zero-order chi connectivity index (χ0) is 14.8. The highest BCUT2D eigenvalue weighted by molar-refractivity contribution is 7.15. The van der Waals surface area contributed by atoms with Gasteiger partial charge in [0.1, 0.15) is 0 Å². The first-order valence-corrected chi connectivity index (χ1v) is 7.63. The molecular weight excluding hydrogens is 282 g/mol. The molecule has 1 unspecified atom stereocenters. The lowest BCUT2D eigenvalue weighted by atomic mass is 10.1. The topological polar surface area (TPSA) is 50.2 Å². The fourth-order valence-corrected chi connectivity index (χ4v) is 3.35. The van der Waals surface area contributed by atoms with Gasteiger partial charge in [-0.3, -0.25) is 4.79 Å². The lowest BCUT2D eigenvalue weighted by Crippen LogP contribution is -2.00. The predicted molar refractivity (Wildman–Crippen MR) is 85.7 cm³/mol. The highest BCUT2D eigenvalue weighted by Crippen LogP contribution is 2.33. The van der Waals surface area contributed by atoms with E-state index >= 15 is 0 Å². The van der Waals surface area contributed by atoms with Gasteiger partial charge in [0.2, 0.25) is 0 Å².